The van der Waals surface area contributed by atoms with Gasteiger partial charge in [0.1, 0.15) is 0 Å². The molecule has 1 aromatic rings. The molecule has 1 aliphatic heterocycles. The van der Waals surface area contributed by atoms with Crippen LogP contribution in [0.4, 0.5) is 0 Å². The van der Waals surface area contributed by atoms with E-state index in [0.717, 1.165) is 25.7 Å². The van der Waals surface area contributed by atoms with Crippen LogP contribution in [0.1, 0.15) is 32.1 Å². The van der Waals surface area contributed by atoms with E-state index in [1.807, 2.05) is 0 Å². The minimum atomic E-state index is -0.726. The van der Waals surface area contributed by atoms with Crippen LogP contribution >= 0.6 is 23.2 Å². The number of carbonyl (C=O) groups is 1. The van der Waals surface area contributed by atoms with Gasteiger partial charge in [-0.05, 0) is 25.0 Å². The summed E-state index contributed by atoms with van der Waals surface area (Å²) in [5.41, 5.74) is 0. The van der Waals surface area contributed by atoms with Gasteiger partial charge in [-0.1, -0.05) is 35.7 Å². The van der Waals surface area contributed by atoms with E-state index in [-0.39, 0.29) is 12.4 Å². The first-order chi connectivity index (χ1) is 10.1. The second-order valence-electron chi connectivity index (χ2n) is 5.36. The summed E-state index contributed by atoms with van der Waals surface area (Å²) >= 11 is 12.0. The Hall–Kier alpha value is -0.810. The normalized spacial score (nSPS) is 24.2. The van der Waals surface area contributed by atoms with Crippen LogP contribution in [-0.4, -0.2) is 24.5 Å². The Bertz CT molecular complexity index is 520. The van der Waals surface area contributed by atoms with E-state index in [0.29, 0.717) is 10.0 Å². The molecule has 1 atom stereocenters. The van der Waals surface area contributed by atoms with Crippen molar-refractivity contribution in [1.82, 2.24) is 0 Å². The molecule has 1 saturated carbocycles. The molecule has 1 saturated heterocycles. The molecule has 1 aliphatic carbocycles. The van der Waals surface area contributed by atoms with Crippen molar-refractivity contribution in [2.45, 2.75) is 44.0 Å². The molecule has 114 valence electrons. The molecule has 2 aliphatic rings. The zero-order chi connectivity index (χ0) is 14.9. The molecule has 0 amide bonds. The fraction of sp³-hybridized carbons (Fsp3) is 0.533. The first kappa shape index (κ1) is 15.1. The zero-order valence-corrected chi connectivity index (χ0v) is 13.0. The van der Waals surface area contributed by atoms with E-state index in [1.54, 1.807) is 18.2 Å². The third-order valence-electron chi connectivity index (χ3n) is 3.85. The van der Waals surface area contributed by atoms with Crippen molar-refractivity contribution in [3.8, 4) is 5.75 Å². The van der Waals surface area contributed by atoms with Gasteiger partial charge in [0.15, 0.2) is 17.6 Å². The number of hydrogen-bond acceptors (Lipinski definition) is 4. The van der Waals surface area contributed by atoms with Crippen molar-refractivity contribution in [1.29, 1.82) is 0 Å². The summed E-state index contributed by atoms with van der Waals surface area (Å²) in [5, 5.41) is 0.587. The van der Waals surface area contributed by atoms with Gasteiger partial charge in [-0.15, -0.1) is 0 Å². The highest BCUT2D eigenvalue weighted by atomic mass is 35.5. The number of rotatable bonds is 2. The average Bonchev–Trinajstić information content (AvgIpc) is 2.87. The van der Waals surface area contributed by atoms with Gasteiger partial charge in [-0.25, -0.2) is 4.79 Å². The highest BCUT2D eigenvalue weighted by Crippen LogP contribution is 2.39. The largest absolute Gasteiger partial charge is 0.421 e. The maximum Gasteiger partial charge on any atom is 0.343 e. The average molecular weight is 331 g/mol. The Balaban J connectivity index is 1.67. The highest BCUT2D eigenvalue weighted by molar-refractivity contribution is 6.37. The van der Waals surface area contributed by atoms with Crippen molar-refractivity contribution in [2.75, 3.05) is 6.61 Å². The minimum Gasteiger partial charge on any atom is -0.421 e. The summed E-state index contributed by atoms with van der Waals surface area (Å²) < 4.78 is 16.8. The number of esters is 1. The predicted octanol–water partition coefficient (Wildman–Crippen LogP) is 3.97. The number of benzene rings is 1. The van der Waals surface area contributed by atoms with Crippen molar-refractivity contribution in [3.63, 3.8) is 0 Å². The van der Waals surface area contributed by atoms with E-state index in [4.69, 9.17) is 37.4 Å². The number of halogens is 2. The Labute approximate surface area is 133 Å². The van der Waals surface area contributed by atoms with Gasteiger partial charge in [0.25, 0.3) is 0 Å². The fourth-order valence-corrected chi connectivity index (χ4v) is 3.24. The molecule has 1 aromatic carbocycles. The molecule has 6 heteroatoms. The van der Waals surface area contributed by atoms with Crippen LogP contribution in [0.5, 0.6) is 5.75 Å². The summed E-state index contributed by atoms with van der Waals surface area (Å²) in [6, 6.07) is 4.92. The second-order valence-corrected chi connectivity index (χ2v) is 6.18. The van der Waals surface area contributed by atoms with E-state index in [9.17, 15) is 4.79 Å². The molecule has 1 heterocycles. The van der Waals surface area contributed by atoms with Crippen LogP contribution in [0.2, 0.25) is 10.0 Å². The molecular weight excluding hydrogens is 315 g/mol. The maximum atomic E-state index is 12.2. The molecule has 1 unspecified atom stereocenters. The van der Waals surface area contributed by atoms with E-state index < -0.39 is 17.9 Å². The summed E-state index contributed by atoms with van der Waals surface area (Å²) in [7, 11) is 0. The highest BCUT2D eigenvalue weighted by Gasteiger charge is 2.45. The van der Waals surface area contributed by atoms with Gasteiger partial charge in [0.05, 0.1) is 16.7 Å². The van der Waals surface area contributed by atoms with Crippen molar-refractivity contribution in [2.24, 2.45) is 0 Å². The molecule has 3 rings (SSSR count). The molecule has 0 bridgehead atoms. The minimum absolute atomic E-state index is 0.166. The van der Waals surface area contributed by atoms with Crippen LogP contribution in [0.3, 0.4) is 0 Å². The van der Waals surface area contributed by atoms with Crippen LogP contribution in [0, 0.1) is 0 Å². The SMILES string of the molecule is O=C(Oc1c(Cl)cccc1Cl)C1COC2(CCCCC2)O1. The lowest BCUT2D eigenvalue weighted by atomic mass is 9.94. The maximum absolute atomic E-state index is 12.2. The van der Waals surface area contributed by atoms with Crippen molar-refractivity contribution < 1.29 is 19.0 Å². The summed E-state index contributed by atoms with van der Waals surface area (Å²) in [6.07, 6.45) is 4.21. The van der Waals surface area contributed by atoms with Gasteiger partial charge in [-0.2, -0.15) is 0 Å². The van der Waals surface area contributed by atoms with Crippen molar-refractivity contribution in [3.05, 3.63) is 28.2 Å². The van der Waals surface area contributed by atoms with Gasteiger partial charge < -0.3 is 14.2 Å². The Morgan fingerprint density at radius 2 is 1.86 bits per heavy atom. The Morgan fingerprint density at radius 3 is 2.52 bits per heavy atom. The summed E-state index contributed by atoms with van der Waals surface area (Å²) in [5.74, 6) is -0.960. The predicted molar refractivity (Wildman–Crippen MR) is 78.7 cm³/mol. The lowest BCUT2D eigenvalue weighted by Gasteiger charge is -2.31. The Kier molecular flexibility index (Phi) is 4.41. The van der Waals surface area contributed by atoms with Crippen LogP contribution in [0.25, 0.3) is 0 Å². The molecule has 21 heavy (non-hydrogen) atoms. The van der Waals surface area contributed by atoms with E-state index in [1.165, 1.54) is 6.42 Å². The Morgan fingerprint density at radius 1 is 1.19 bits per heavy atom. The molecule has 2 fully saturated rings. The lowest BCUT2D eigenvalue weighted by Crippen LogP contribution is -2.35. The van der Waals surface area contributed by atoms with Crippen LogP contribution in [0.15, 0.2) is 18.2 Å². The molecular formula is C15H16Cl2O4. The van der Waals surface area contributed by atoms with Gasteiger partial charge in [-0.3, -0.25) is 0 Å². The second kappa shape index (κ2) is 6.13. The molecule has 0 aromatic heterocycles. The number of ether oxygens (including phenoxy) is 3. The first-order valence-corrected chi connectivity index (χ1v) is 7.83. The number of carbonyl (C=O) groups excluding carboxylic acids is 1. The fourth-order valence-electron chi connectivity index (χ4n) is 2.77. The molecule has 1 spiro atoms. The monoisotopic (exact) mass is 330 g/mol. The van der Waals surface area contributed by atoms with E-state index in [2.05, 4.69) is 0 Å². The van der Waals surface area contributed by atoms with Gasteiger partial charge in [0.2, 0.25) is 0 Å². The molecule has 0 radical (unpaired) electrons. The quantitative estimate of drug-likeness (QED) is 0.607. The van der Waals surface area contributed by atoms with Crippen molar-refractivity contribution >= 4 is 29.2 Å². The summed E-state index contributed by atoms with van der Waals surface area (Å²) in [4.78, 5) is 12.2. The summed E-state index contributed by atoms with van der Waals surface area (Å²) in [6.45, 7) is 0.209. The third kappa shape index (κ3) is 3.19. The topological polar surface area (TPSA) is 44.8 Å². The smallest absolute Gasteiger partial charge is 0.343 e. The van der Waals surface area contributed by atoms with Gasteiger partial charge >= 0.3 is 5.97 Å². The lowest BCUT2D eigenvalue weighted by molar-refractivity contribution is -0.193. The standard InChI is InChI=1S/C15H16Cl2O4/c16-10-5-4-6-11(17)13(10)20-14(18)12-9-19-15(21-12)7-2-1-3-8-15/h4-6,12H,1-3,7-9H2. The van der Waals surface area contributed by atoms with Crippen LogP contribution < -0.4 is 4.74 Å². The number of hydrogen-bond donors (Lipinski definition) is 0. The molecule has 0 N–H and O–H groups in total. The number of para-hydroxylation sites is 1. The van der Waals surface area contributed by atoms with E-state index >= 15 is 0 Å². The molecule has 4 nitrogen and oxygen atoms in total. The zero-order valence-electron chi connectivity index (χ0n) is 11.4. The third-order valence-corrected chi connectivity index (χ3v) is 4.45. The van der Waals surface area contributed by atoms with Crippen LogP contribution in [-0.2, 0) is 14.3 Å². The first-order valence-electron chi connectivity index (χ1n) is 7.07. The van der Waals surface area contributed by atoms with Gasteiger partial charge in [0, 0.05) is 12.8 Å².